The first-order chi connectivity index (χ1) is 8.43. The lowest BCUT2D eigenvalue weighted by Gasteiger charge is -2.07. The second-order valence-corrected chi connectivity index (χ2v) is 3.80. The molecule has 3 rings (SSSR count). The Morgan fingerprint density at radius 1 is 0.882 bits per heavy atom. The zero-order valence-corrected chi connectivity index (χ0v) is 9.27. The van der Waals surface area contributed by atoms with E-state index < -0.39 is 0 Å². The van der Waals surface area contributed by atoms with E-state index in [1.165, 1.54) is 5.56 Å². The Morgan fingerprint density at radius 3 is 2.41 bits per heavy atom. The van der Waals surface area contributed by atoms with Crippen LogP contribution < -0.4 is 0 Å². The minimum Gasteiger partial charge on any atom is -0.327 e. The van der Waals surface area contributed by atoms with Crippen molar-refractivity contribution >= 4 is 0 Å². The van der Waals surface area contributed by atoms with E-state index in [-0.39, 0.29) is 0 Å². The van der Waals surface area contributed by atoms with Gasteiger partial charge in [-0.15, -0.1) is 4.80 Å². The molecular weight excluding hydrogens is 212 g/mol. The molecule has 0 aliphatic rings. The maximum atomic E-state index is 4.15. The van der Waals surface area contributed by atoms with Crippen LogP contribution in [0.25, 0.3) is 5.82 Å². The highest BCUT2D eigenvalue weighted by atomic mass is 15.5. The Bertz CT molecular complexity index is 581. The van der Waals surface area contributed by atoms with E-state index in [2.05, 4.69) is 26.9 Å². The van der Waals surface area contributed by atoms with Gasteiger partial charge in [0.15, 0.2) is 5.82 Å². The van der Waals surface area contributed by atoms with Crippen molar-refractivity contribution in [3.63, 3.8) is 0 Å². The highest BCUT2D eigenvalue weighted by Crippen LogP contribution is 2.10. The Morgan fingerprint density at radius 2 is 1.65 bits per heavy atom. The number of hydrogen-bond donors (Lipinski definition) is 0. The summed E-state index contributed by atoms with van der Waals surface area (Å²) >= 11 is 0. The summed E-state index contributed by atoms with van der Waals surface area (Å²) in [6.07, 6.45) is 5.39. The Kier molecular flexibility index (Phi) is 2.46. The Balaban J connectivity index is 1.92. The van der Waals surface area contributed by atoms with E-state index in [1.54, 1.807) is 17.2 Å². The van der Waals surface area contributed by atoms with Gasteiger partial charge in [-0.05, 0) is 17.7 Å². The van der Waals surface area contributed by atoms with Gasteiger partial charge in [-0.1, -0.05) is 30.3 Å². The number of rotatable bonds is 3. The van der Waals surface area contributed by atoms with Crippen LogP contribution in [0.1, 0.15) is 5.56 Å². The Labute approximate surface area is 99.1 Å². The summed E-state index contributed by atoms with van der Waals surface area (Å²) in [6.45, 7) is 0.824. The number of nitrogens with zero attached hydrogens (tertiary/aromatic N) is 4. The second kappa shape index (κ2) is 4.25. The molecule has 0 N–H and O–H groups in total. The van der Waals surface area contributed by atoms with Gasteiger partial charge in [-0.2, -0.15) is 10.2 Å². The van der Waals surface area contributed by atoms with E-state index >= 15 is 0 Å². The molecule has 0 bridgehead atoms. The molecule has 1 aromatic carbocycles. The molecule has 0 radical (unpaired) electrons. The summed E-state index contributed by atoms with van der Waals surface area (Å²) in [5.41, 5.74) is 1.26. The van der Waals surface area contributed by atoms with Crippen LogP contribution in [-0.2, 0) is 6.54 Å². The van der Waals surface area contributed by atoms with Gasteiger partial charge in [0, 0.05) is 12.7 Å². The van der Waals surface area contributed by atoms with Gasteiger partial charge in [0.1, 0.15) is 0 Å². The van der Waals surface area contributed by atoms with Gasteiger partial charge >= 0.3 is 0 Å². The predicted molar refractivity (Wildman–Crippen MR) is 64.9 cm³/mol. The molecule has 0 saturated carbocycles. The minimum atomic E-state index is 0.824. The standard InChI is InChI=1S/C13H12N4/c1-2-5-12(6-3-1)11-16-10-4-7-13(16)17-14-8-9-15-17/h1-10H,11H2. The van der Waals surface area contributed by atoms with Gasteiger partial charge in [0.25, 0.3) is 0 Å². The molecule has 4 heteroatoms. The zero-order valence-electron chi connectivity index (χ0n) is 9.27. The van der Waals surface area contributed by atoms with Crippen molar-refractivity contribution in [2.24, 2.45) is 0 Å². The Hall–Kier alpha value is -2.36. The molecule has 0 amide bonds. The third-order valence-electron chi connectivity index (χ3n) is 2.62. The van der Waals surface area contributed by atoms with Crippen LogP contribution in [-0.4, -0.2) is 19.6 Å². The quantitative estimate of drug-likeness (QED) is 0.683. The van der Waals surface area contributed by atoms with Gasteiger partial charge < -0.3 is 4.57 Å². The molecule has 0 aliphatic carbocycles. The third-order valence-corrected chi connectivity index (χ3v) is 2.62. The normalized spacial score (nSPS) is 10.6. The smallest absolute Gasteiger partial charge is 0.155 e. The molecule has 0 unspecified atom stereocenters. The molecule has 0 fully saturated rings. The van der Waals surface area contributed by atoms with Crippen molar-refractivity contribution in [3.8, 4) is 5.82 Å². The fourth-order valence-electron chi connectivity index (χ4n) is 1.83. The van der Waals surface area contributed by atoms with Crippen molar-refractivity contribution in [2.75, 3.05) is 0 Å². The van der Waals surface area contributed by atoms with Gasteiger partial charge in [-0.25, -0.2) is 0 Å². The summed E-state index contributed by atoms with van der Waals surface area (Å²) in [7, 11) is 0. The van der Waals surface area contributed by atoms with Crippen LogP contribution in [0.3, 0.4) is 0 Å². The molecule has 0 aliphatic heterocycles. The summed E-state index contributed by atoms with van der Waals surface area (Å²) in [6, 6.07) is 14.3. The van der Waals surface area contributed by atoms with Crippen molar-refractivity contribution < 1.29 is 0 Å². The SMILES string of the molecule is c1ccc(Cn2cccc2-n2nccn2)cc1. The summed E-state index contributed by atoms with van der Waals surface area (Å²) < 4.78 is 2.12. The molecular formula is C13H12N4. The van der Waals surface area contributed by atoms with Crippen LogP contribution >= 0.6 is 0 Å². The van der Waals surface area contributed by atoms with Crippen molar-refractivity contribution in [3.05, 3.63) is 66.6 Å². The topological polar surface area (TPSA) is 35.6 Å². The number of hydrogen-bond acceptors (Lipinski definition) is 2. The fraction of sp³-hybridized carbons (Fsp3) is 0.0769. The summed E-state index contributed by atoms with van der Waals surface area (Å²) in [5, 5.41) is 8.29. The zero-order chi connectivity index (χ0) is 11.5. The molecule has 4 nitrogen and oxygen atoms in total. The van der Waals surface area contributed by atoms with Gasteiger partial charge in [0.2, 0.25) is 0 Å². The average molecular weight is 224 g/mol. The van der Waals surface area contributed by atoms with Crippen molar-refractivity contribution in [2.45, 2.75) is 6.54 Å². The van der Waals surface area contributed by atoms with Gasteiger partial charge in [0.05, 0.1) is 12.4 Å². The molecule has 0 saturated heterocycles. The maximum absolute atomic E-state index is 4.15. The first-order valence-electron chi connectivity index (χ1n) is 5.49. The maximum Gasteiger partial charge on any atom is 0.155 e. The molecule has 3 aromatic rings. The number of benzene rings is 1. The molecule has 0 atom stereocenters. The minimum absolute atomic E-state index is 0.824. The van der Waals surface area contributed by atoms with Crippen LogP contribution in [0, 0.1) is 0 Å². The highest BCUT2D eigenvalue weighted by molar-refractivity contribution is 5.24. The molecule has 17 heavy (non-hydrogen) atoms. The van der Waals surface area contributed by atoms with Crippen LogP contribution in [0.15, 0.2) is 61.1 Å². The van der Waals surface area contributed by atoms with E-state index in [1.807, 2.05) is 36.5 Å². The van der Waals surface area contributed by atoms with Crippen molar-refractivity contribution in [1.29, 1.82) is 0 Å². The van der Waals surface area contributed by atoms with E-state index in [0.29, 0.717) is 0 Å². The molecule has 2 aromatic heterocycles. The summed E-state index contributed by atoms with van der Waals surface area (Å²) in [4.78, 5) is 1.63. The fourth-order valence-corrected chi connectivity index (χ4v) is 1.83. The van der Waals surface area contributed by atoms with Crippen LogP contribution in [0.2, 0.25) is 0 Å². The van der Waals surface area contributed by atoms with Gasteiger partial charge in [-0.3, -0.25) is 0 Å². The van der Waals surface area contributed by atoms with E-state index in [4.69, 9.17) is 0 Å². The highest BCUT2D eigenvalue weighted by Gasteiger charge is 2.04. The first-order valence-corrected chi connectivity index (χ1v) is 5.49. The first kappa shape index (κ1) is 9.84. The predicted octanol–water partition coefficient (Wildman–Crippen LogP) is 2.12. The van der Waals surface area contributed by atoms with Crippen molar-refractivity contribution in [1.82, 2.24) is 19.6 Å². The lowest BCUT2D eigenvalue weighted by molar-refractivity contribution is 0.664. The lowest BCUT2D eigenvalue weighted by atomic mass is 10.2. The third kappa shape index (κ3) is 1.97. The van der Waals surface area contributed by atoms with E-state index in [9.17, 15) is 0 Å². The van der Waals surface area contributed by atoms with E-state index in [0.717, 1.165) is 12.4 Å². The second-order valence-electron chi connectivity index (χ2n) is 3.80. The van der Waals surface area contributed by atoms with Crippen LogP contribution in [0.4, 0.5) is 0 Å². The molecule has 2 heterocycles. The summed E-state index contributed by atoms with van der Waals surface area (Å²) in [5.74, 6) is 0.971. The average Bonchev–Trinajstić information content (AvgIpc) is 3.00. The largest absolute Gasteiger partial charge is 0.327 e. The molecule has 0 spiro atoms. The monoisotopic (exact) mass is 224 g/mol. The number of aromatic nitrogens is 4. The molecule has 84 valence electrons. The van der Waals surface area contributed by atoms with Crippen LogP contribution in [0.5, 0.6) is 0 Å². The lowest BCUT2D eigenvalue weighted by Crippen LogP contribution is -2.08.